The van der Waals surface area contributed by atoms with Crippen LogP contribution in [0.15, 0.2) is 60.1 Å². The number of aromatic nitrogens is 1. The topological polar surface area (TPSA) is 68.3 Å². The average molecular weight is 338 g/mol. The van der Waals surface area contributed by atoms with Crippen LogP contribution >= 0.6 is 11.3 Å². The van der Waals surface area contributed by atoms with Crippen molar-refractivity contribution < 1.29 is 14.3 Å². The van der Waals surface area contributed by atoms with Gasteiger partial charge in [0, 0.05) is 28.4 Å². The third kappa shape index (κ3) is 3.49. The average Bonchev–Trinajstić information content (AvgIpc) is 3.16. The molecule has 6 heteroatoms. The fourth-order valence-corrected chi connectivity index (χ4v) is 2.84. The molecule has 5 nitrogen and oxygen atoms in total. The normalized spacial score (nSPS) is 10.2. The number of nitrogens with zero attached hydrogens (tertiary/aromatic N) is 1. The van der Waals surface area contributed by atoms with Gasteiger partial charge >= 0.3 is 5.97 Å². The molecule has 0 spiro atoms. The number of benzene rings is 2. The summed E-state index contributed by atoms with van der Waals surface area (Å²) < 4.78 is 4.68. The molecule has 0 aliphatic carbocycles. The first-order valence-corrected chi connectivity index (χ1v) is 8.05. The monoisotopic (exact) mass is 338 g/mol. The van der Waals surface area contributed by atoms with Crippen molar-refractivity contribution >= 4 is 28.9 Å². The lowest BCUT2D eigenvalue weighted by Gasteiger charge is -2.07. The Kier molecular flexibility index (Phi) is 4.67. The molecule has 3 rings (SSSR count). The molecule has 0 radical (unpaired) electrons. The maximum atomic E-state index is 12.4. The van der Waals surface area contributed by atoms with Crippen molar-refractivity contribution in [2.45, 2.75) is 0 Å². The molecule has 24 heavy (non-hydrogen) atoms. The highest BCUT2D eigenvalue weighted by atomic mass is 32.1. The van der Waals surface area contributed by atoms with Crippen LogP contribution in [-0.2, 0) is 4.74 Å². The van der Waals surface area contributed by atoms with Gasteiger partial charge in [-0.1, -0.05) is 18.2 Å². The second-order valence-corrected chi connectivity index (χ2v) is 5.84. The fourth-order valence-electron chi connectivity index (χ4n) is 2.20. The summed E-state index contributed by atoms with van der Waals surface area (Å²) in [5.74, 6) is -0.702. The molecule has 3 aromatic rings. The Hall–Kier alpha value is -2.99. The van der Waals surface area contributed by atoms with Gasteiger partial charge in [-0.2, -0.15) is 0 Å². The highest BCUT2D eigenvalue weighted by Crippen LogP contribution is 2.23. The molecule has 0 unspecified atom stereocenters. The predicted molar refractivity (Wildman–Crippen MR) is 93.3 cm³/mol. The first-order chi connectivity index (χ1) is 11.7. The van der Waals surface area contributed by atoms with E-state index < -0.39 is 5.97 Å². The van der Waals surface area contributed by atoms with Gasteiger partial charge in [-0.25, -0.2) is 9.78 Å². The Labute approximate surface area is 142 Å². The zero-order valence-corrected chi connectivity index (χ0v) is 13.7. The fraction of sp³-hybridized carbons (Fsp3) is 0.0556. The number of hydrogen-bond donors (Lipinski definition) is 1. The van der Waals surface area contributed by atoms with Crippen LogP contribution in [0.25, 0.3) is 10.6 Å². The third-order valence-corrected chi connectivity index (χ3v) is 4.17. The molecule has 120 valence electrons. The van der Waals surface area contributed by atoms with Crippen LogP contribution in [0.5, 0.6) is 0 Å². The van der Waals surface area contributed by atoms with E-state index in [1.807, 2.05) is 17.5 Å². The first kappa shape index (κ1) is 15.9. The summed E-state index contributed by atoms with van der Waals surface area (Å²) in [6, 6.07) is 13.9. The molecule has 0 atom stereocenters. The van der Waals surface area contributed by atoms with Gasteiger partial charge in [-0.15, -0.1) is 11.3 Å². The van der Waals surface area contributed by atoms with Crippen LogP contribution in [0.4, 0.5) is 5.69 Å². The van der Waals surface area contributed by atoms with E-state index in [1.165, 1.54) is 18.4 Å². The second kappa shape index (κ2) is 7.06. The van der Waals surface area contributed by atoms with Gasteiger partial charge in [0.15, 0.2) is 0 Å². The molecule has 0 aliphatic heterocycles. The van der Waals surface area contributed by atoms with E-state index in [-0.39, 0.29) is 5.91 Å². The molecule has 0 fully saturated rings. The molecule has 1 heterocycles. The van der Waals surface area contributed by atoms with E-state index in [0.29, 0.717) is 16.8 Å². The van der Waals surface area contributed by atoms with Gasteiger partial charge in [0.1, 0.15) is 5.01 Å². The summed E-state index contributed by atoms with van der Waals surface area (Å²) >= 11 is 1.51. The summed E-state index contributed by atoms with van der Waals surface area (Å²) in [5, 5.41) is 5.53. The number of thiazole rings is 1. The van der Waals surface area contributed by atoms with Gasteiger partial charge in [-0.05, 0) is 30.3 Å². The number of carbonyl (C=O) groups excluding carboxylic acids is 2. The minimum Gasteiger partial charge on any atom is -0.465 e. The van der Waals surface area contributed by atoms with Crippen LogP contribution in [0.3, 0.4) is 0 Å². The van der Waals surface area contributed by atoms with Gasteiger partial charge in [0.2, 0.25) is 0 Å². The van der Waals surface area contributed by atoms with Crippen molar-refractivity contribution in [3.63, 3.8) is 0 Å². The molecular weight excluding hydrogens is 324 g/mol. The maximum absolute atomic E-state index is 12.4. The van der Waals surface area contributed by atoms with Crippen molar-refractivity contribution in [1.82, 2.24) is 4.98 Å². The SMILES string of the molecule is COC(=O)c1cccc(NC(=O)c2cccc(-c3nccs3)c2)c1. The molecule has 0 saturated carbocycles. The van der Waals surface area contributed by atoms with E-state index in [1.54, 1.807) is 42.6 Å². The number of esters is 1. The number of anilines is 1. The van der Waals surface area contributed by atoms with Crippen LogP contribution in [0.1, 0.15) is 20.7 Å². The lowest BCUT2D eigenvalue weighted by molar-refractivity contribution is 0.0600. The molecule has 0 bridgehead atoms. The summed E-state index contributed by atoms with van der Waals surface area (Å²) in [5.41, 5.74) is 2.32. The van der Waals surface area contributed by atoms with E-state index in [9.17, 15) is 9.59 Å². The van der Waals surface area contributed by atoms with Crippen molar-refractivity contribution in [2.24, 2.45) is 0 Å². The van der Waals surface area contributed by atoms with Crippen molar-refractivity contribution in [2.75, 3.05) is 12.4 Å². The Bertz CT molecular complexity index is 875. The minimum atomic E-state index is -0.447. The van der Waals surface area contributed by atoms with Crippen molar-refractivity contribution in [1.29, 1.82) is 0 Å². The second-order valence-electron chi connectivity index (χ2n) is 4.94. The van der Waals surface area contributed by atoms with Gasteiger partial charge < -0.3 is 10.1 Å². The van der Waals surface area contributed by atoms with Crippen LogP contribution in [-0.4, -0.2) is 24.0 Å². The standard InChI is InChI=1S/C18H14N2O3S/c1-23-18(22)14-6-3-7-15(11-14)20-16(21)12-4-2-5-13(10-12)17-19-8-9-24-17/h2-11H,1H3,(H,20,21). The van der Waals surface area contributed by atoms with E-state index in [0.717, 1.165) is 10.6 Å². The largest absolute Gasteiger partial charge is 0.465 e. The van der Waals surface area contributed by atoms with Gasteiger partial charge in [-0.3, -0.25) is 4.79 Å². The zero-order valence-electron chi connectivity index (χ0n) is 12.9. The number of amides is 1. The Balaban J connectivity index is 1.81. The predicted octanol–water partition coefficient (Wildman–Crippen LogP) is 3.85. The molecule has 1 amide bonds. The quantitative estimate of drug-likeness (QED) is 0.734. The highest BCUT2D eigenvalue weighted by Gasteiger charge is 2.11. The number of hydrogen-bond acceptors (Lipinski definition) is 5. The number of methoxy groups -OCH3 is 1. The molecular formula is C18H14N2O3S. The Morgan fingerprint density at radius 2 is 1.88 bits per heavy atom. The summed E-state index contributed by atoms with van der Waals surface area (Å²) in [7, 11) is 1.32. The molecule has 1 N–H and O–H groups in total. The third-order valence-electron chi connectivity index (χ3n) is 3.35. The maximum Gasteiger partial charge on any atom is 0.337 e. The molecule has 0 saturated heterocycles. The van der Waals surface area contributed by atoms with E-state index >= 15 is 0 Å². The van der Waals surface area contributed by atoms with Gasteiger partial charge in [0.25, 0.3) is 5.91 Å². The minimum absolute atomic E-state index is 0.254. The van der Waals surface area contributed by atoms with Crippen molar-refractivity contribution in [3.05, 3.63) is 71.2 Å². The Morgan fingerprint density at radius 1 is 1.08 bits per heavy atom. The number of nitrogens with one attached hydrogen (secondary N) is 1. The van der Waals surface area contributed by atoms with E-state index in [4.69, 9.17) is 0 Å². The number of ether oxygens (including phenoxy) is 1. The summed E-state index contributed by atoms with van der Waals surface area (Å²) in [6.45, 7) is 0. The zero-order chi connectivity index (χ0) is 16.9. The van der Waals surface area contributed by atoms with E-state index in [2.05, 4.69) is 15.0 Å². The lowest BCUT2D eigenvalue weighted by atomic mass is 10.1. The van der Waals surface area contributed by atoms with Crippen LogP contribution < -0.4 is 5.32 Å². The van der Waals surface area contributed by atoms with Gasteiger partial charge in [0.05, 0.1) is 12.7 Å². The number of carbonyl (C=O) groups is 2. The smallest absolute Gasteiger partial charge is 0.337 e. The lowest BCUT2D eigenvalue weighted by Crippen LogP contribution is -2.12. The molecule has 0 aliphatic rings. The summed E-state index contributed by atoms with van der Waals surface area (Å²) in [6.07, 6.45) is 1.73. The molecule has 1 aromatic heterocycles. The molecule has 2 aromatic carbocycles. The highest BCUT2D eigenvalue weighted by molar-refractivity contribution is 7.13. The first-order valence-electron chi connectivity index (χ1n) is 7.17. The van der Waals surface area contributed by atoms with Crippen LogP contribution in [0.2, 0.25) is 0 Å². The Morgan fingerprint density at radius 3 is 2.62 bits per heavy atom. The van der Waals surface area contributed by atoms with Crippen molar-refractivity contribution in [3.8, 4) is 10.6 Å². The van der Waals surface area contributed by atoms with Crippen LogP contribution in [0, 0.1) is 0 Å². The number of rotatable bonds is 4. The summed E-state index contributed by atoms with van der Waals surface area (Å²) in [4.78, 5) is 28.2.